The third-order valence-electron chi connectivity index (χ3n) is 4.84. The van der Waals surface area contributed by atoms with Crippen molar-refractivity contribution in [3.63, 3.8) is 0 Å². The third kappa shape index (κ3) is 5.96. The lowest BCUT2D eigenvalue weighted by atomic mass is 10.1. The highest BCUT2D eigenvalue weighted by Gasteiger charge is 2.30. The molecule has 0 aliphatic rings. The van der Waals surface area contributed by atoms with Crippen molar-refractivity contribution in [3.8, 4) is 11.6 Å². The van der Waals surface area contributed by atoms with Crippen LogP contribution < -0.4 is 9.47 Å². The van der Waals surface area contributed by atoms with E-state index >= 15 is 0 Å². The van der Waals surface area contributed by atoms with E-state index in [2.05, 4.69) is 0 Å². The van der Waals surface area contributed by atoms with Crippen LogP contribution in [0.5, 0.6) is 11.6 Å². The number of rotatable bonds is 8. The van der Waals surface area contributed by atoms with Gasteiger partial charge in [0.2, 0.25) is 5.88 Å². The minimum Gasteiger partial charge on any atom is -0.497 e. The van der Waals surface area contributed by atoms with Gasteiger partial charge in [0.1, 0.15) is 11.5 Å². The van der Waals surface area contributed by atoms with Gasteiger partial charge in [0.25, 0.3) is 0 Å². The van der Waals surface area contributed by atoms with E-state index in [0.29, 0.717) is 22.2 Å². The summed E-state index contributed by atoms with van der Waals surface area (Å²) in [7, 11) is 1.55. The molecule has 0 unspecified atom stereocenters. The first-order chi connectivity index (χ1) is 17.4. The fourth-order valence-corrected chi connectivity index (χ4v) is 3.39. The van der Waals surface area contributed by atoms with Crippen LogP contribution in [0, 0.1) is 0 Å². The Morgan fingerprint density at radius 2 is 1.47 bits per heavy atom. The molecule has 1 heterocycles. The lowest BCUT2D eigenvalue weighted by molar-refractivity contribution is 0.0951. The molecule has 0 N–H and O–H groups in total. The number of carbonyl (C=O) groups is 3. The molecule has 0 atom stereocenters. The smallest absolute Gasteiger partial charge is 0.497 e. The van der Waals surface area contributed by atoms with Gasteiger partial charge in [0.05, 0.1) is 38.0 Å². The van der Waals surface area contributed by atoms with Crippen molar-refractivity contribution < 1.29 is 42.8 Å². The standard InChI is InChI=1S/C26H27NO9/c1-5-32-24(28)27-20-11-9-8-10-19(20)22(23(27)36-26(30)34-7-3)21(35-25(29)33-6-2)16-17-12-14-18(31-4)15-13-17/h8-16H,5-7H2,1-4H3/b21-16+. The molecular weight excluding hydrogens is 470 g/mol. The van der Waals surface area contributed by atoms with Crippen molar-refractivity contribution in [2.45, 2.75) is 20.8 Å². The molecule has 0 fully saturated rings. The summed E-state index contributed by atoms with van der Waals surface area (Å²) in [6, 6.07) is 13.7. The van der Waals surface area contributed by atoms with Gasteiger partial charge >= 0.3 is 18.4 Å². The Labute approximate surface area is 207 Å². The lowest BCUT2D eigenvalue weighted by Gasteiger charge is -2.13. The van der Waals surface area contributed by atoms with Gasteiger partial charge in [0.15, 0.2) is 0 Å². The number of nitrogens with zero attached hydrogens (tertiary/aromatic N) is 1. The van der Waals surface area contributed by atoms with Gasteiger partial charge in [0, 0.05) is 5.39 Å². The van der Waals surface area contributed by atoms with Crippen LogP contribution in [0.15, 0.2) is 48.5 Å². The summed E-state index contributed by atoms with van der Waals surface area (Å²) in [6.45, 7) is 5.09. The first-order valence-corrected chi connectivity index (χ1v) is 11.3. The van der Waals surface area contributed by atoms with E-state index in [0.717, 1.165) is 4.57 Å². The Balaban J connectivity index is 2.31. The van der Waals surface area contributed by atoms with E-state index in [9.17, 15) is 14.4 Å². The van der Waals surface area contributed by atoms with Crippen LogP contribution in [0.25, 0.3) is 22.7 Å². The van der Waals surface area contributed by atoms with Crippen molar-refractivity contribution >= 4 is 41.1 Å². The largest absolute Gasteiger partial charge is 0.515 e. The molecular formula is C26H27NO9. The van der Waals surface area contributed by atoms with Crippen molar-refractivity contribution in [3.05, 3.63) is 59.7 Å². The molecule has 0 radical (unpaired) electrons. The summed E-state index contributed by atoms with van der Waals surface area (Å²) in [5.74, 6) is 0.361. The second-order valence-electron chi connectivity index (χ2n) is 7.08. The molecule has 0 aliphatic carbocycles. The monoisotopic (exact) mass is 497 g/mol. The van der Waals surface area contributed by atoms with Gasteiger partial charge < -0.3 is 28.4 Å². The Kier molecular flexibility index (Phi) is 8.93. The topological polar surface area (TPSA) is 112 Å². The number of para-hydroxylation sites is 1. The molecule has 10 heteroatoms. The summed E-state index contributed by atoms with van der Waals surface area (Å²) in [5, 5.41) is 0.453. The molecule has 10 nitrogen and oxygen atoms in total. The van der Waals surface area contributed by atoms with E-state index in [1.165, 1.54) is 0 Å². The van der Waals surface area contributed by atoms with Crippen molar-refractivity contribution in [2.24, 2.45) is 0 Å². The van der Waals surface area contributed by atoms with E-state index in [-0.39, 0.29) is 37.0 Å². The lowest BCUT2D eigenvalue weighted by Crippen LogP contribution is -2.19. The molecule has 190 valence electrons. The summed E-state index contributed by atoms with van der Waals surface area (Å²) in [6.07, 6.45) is -1.27. The Bertz CT molecular complexity index is 1260. The van der Waals surface area contributed by atoms with Crippen LogP contribution >= 0.6 is 0 Å². The highest BCUT2D eigenvalue weighted by atomic mass is 16.7. The van der Waals surface area contributed by atoms with Gasteiger partial charge in [-0.1, -0.05) is 30.3 Å². The molecule has 0 bridgehead atoms. The van der Waals surface area contributed by atoms with Crippen LogP contribution in [-0.2, 0) is 18.9 Å². The van der Waals surface area contributed by atoms with E-state index in [4.69, 9.17) is 28.4 Å². The Morgan fingerprint density at radius 3 is 2.11 bits per heavy atom. The van der Waals surface area contributed by atoms with Crippen LogP contribution in [-0.4, -0.2) is 49.9 Å². The SMILES string of the molecule is CCOC(=O)O/C(=C/c1ccc(OC)cc1)c1c(OC(=O)OCC)n(C(=O)OCC)c2ccccc12. The zero-order valence-corrected chi connectivity index (χ0v) is 20.4. The zero-order chi connectivity index (χ0) is 26.1. The number of fused-ring (bicyclic) bond motifs is 1. The average Bonchev–Trinajstić information content (AvgIpc) is 3.18. The number of hydrogen-bond acceptors (Lipinski definition) is 9. The Morgan fingerprint density at radius 1 is 0.833 bits per heavy atom. The first-order valence-electron chi connectivity index (χ1n) is 11.3. The summed E-state index contributed by atoms with van der Waals surface area (Å²) >= 11 is 0. The molecule has 0 spiro atoms. The van der Waals surface area contributed by atoms with Crippen molar-refractivity contribution in [1.29, 1.82) is 0 Å². The normalized spacial score (nSPS) is 11.1. The number of benzene rings is 2. The molecule has 0 saturated carbocycles. The minimum atomic E-state index is -1.05. The van der Waals surface area contributed by atoms with Gasteiger partial charge in [-0.25, -0.2) is 19.0 Å². The number of hydrogen-bond donors (Lipinski definition) is 0. The summed E-state index contributed by atoms with van der Waals surface area (Å²) in [5.41, 5.74) is 1.14. The van der Waals surface area contributed by atoms with E-state index in [1.807, 2.05) is 0 Å². The van der Waals surface area contributed by atoms with Crippen molar-refractivity contribution in [1.82, 2.24) is 4.57 Å². The fraction of sp³-hybridized carbons (Fsp3) is 0.269. The molecule has 2 aromatic carbocycles. The summed E-state index contributed by atoms with van der Waals surface area (Å²) in [4.78, 5) is 37.7. The van der Waals surface area contributed by atoms with Gasteiger partial charge in [-0.15, -0.1) is 0 Å². The van der Waals surface area contributed by atoms with Gasteiger partial charge in [-0.3, -0.25) is 0 Å². The quantitative estimate of drug-likeness (QED) is 0.214. The molecule has 0 saturated heterocycles. The van der Waals surface area contributed by atoms with Crippen LogP contribution in [0.3, 0.4) is 0 Å². The maximum absolute atomic E-state index is 13.0. The molecule has 3 rings (SSSR count). The second kappa shape index (κ2) is 12.3. The maximum Gasteiger partial charge on any atom is 0.515 e. The molecule has 3 aromatic rings. The molecule has 36 heavy (non-hydrogen) atoms. The minimum absolute atomic E-state index is 0.0304. The van der Waals surface area contributed by atoms with Crippen LogP contribution in [0.4, 0.5) is 14.4 Å². The fourth-order valence-electron chi connectivity index (χ4n) is 3.39. The van der Waals surface area contributed by atoms with Crippen molar-refractivity contribution in [2.75, 3.05) is 26.9 Å². The number of ether oxygens (including phenoxy) is 6. The highest BCUT2D eigenvalue weighted by molar-refractivity contribution is 6.04. The zero-order valence-electron chi connectivity index (χ0n) is 20.4. The Hall–Kier alpha value is -4.47. The average molecular weight is 498 g/mol. The molecule has 0 aliphatic heterocycles. The van der Waals surface area contributed by atoms with Crippen LogP contribution in [0.1, 0.15) is 31.9 Å². The predicted molar refractivity (Wildman–Crippen MR) is 131 cm³/mol. The highest BCUT2D eigenvalue weighted by Crippen LogP contribution is 2.39. The number of aromatic nitrogens is 1. The second-order valence-corrected chi connectivity index (χ2v) is 7.08. The third-order valence-corrected chi connectivity index (χ3v) is 4.84. The van der Waals surface area contributed by atoms with E-state index in [1.54, 1.807) is 82.5 Å². The number of methoxy groups -OCH3 is 1. The number of carbonyl (C=O) groups excluding carboxylic acids is 3. The van der Waals surface area contributed by atoms with Gasteiger partial charge in [-0.05, 0) is 50.6 Å². The summed E-state index contributed by atoms with van der Waals surface area (Å²) < 4.78 is 32.4. The van der Waals surface area contributed by atoms with E-state index < -0.39 is 18.4 Å². The molecule has 1 aromatic heterocycles. The maximum atomic E-state index is 13.0. The van der Waals surface area contributed by atoms with Crippen LogP contribution in [0.2, 0.25) is 0 Å². The predicted octanol–water partition coefficient (Wildman–Crippen LogP) is 5.86. The van der Waals surface area contributed by atoms with Gasteiger partial charge in [-0.2, -0.15) is 0 Å². The molecule has 0 amide bonds. The first kappa shape index (κ1) is 26.1.